The summed E-state index contributed by atoms with van der Waals surface area (Å²) in [6, 6.07) is 10.8. The van der Waals surface area contributed by atoms with Crippen molar-refractivity contribution in [1.29, 1.82) is 0 Å². The van der Waals surface area contributed by atoms with Gasteiger partial charge in [-0.1, -0.05) is 12.1 Å². The molecular weight excluding hydrogens is 150 g/mol. The lowest BCUT2D eigenvalue weighted by Gasteiger charge is -2.12. The average molecular weight is 160 g/mol. The summed E-state index contributed by atoms with van der Waals surface area (Å²) in [5.74, 6) is 0.961. The first-order valence-corrected chi connectivity index (χ1v) is 3.90. The average Bonchev–Trinajstić information content (AvgIpc) is 2.54. The second-order valence-electron chi connectivity index (χ2n) is 2.74. The third-order valence-corrected chi connectivity index (χ3v) is 1.80. The summed E-state index contributed by atoms with van der Waals surface area (Å²) in [4.78, 5) is 2.06. The van der Waals surface area contributed by atoms with Crippen molar-refractivity contribution in [3.8, 4) is 0 Å². The fourth-order valence-electron chi connectivity index (χ4n) is 1.18. The van der Waals surface area contributed by atoms with Crippen LogP contribution in [0.2, 0.25) is 0 Å². The van der Waals surface area contributed by atoms with Crippen LogP contribution in [0.4, 0.5) is 5.69 Å². The molecule has 61 valence electrons. The molecule has 1 aliphatic rings. The van der Waals surface area contributed by atoms with Crippen LogP contribution in [0, 0.1) is 6.07 Å². The Morgan fingerprint density at radius 3 is 2.75 bits per heavy atom. The van der Waals surface area contributed by atoms with Gasteiger partial charge in [0.1, 0.15) is 5.76 Å². The van der Waals surface area contributed by atoms with Crippen molar-refractivity contribution in [1.82, 2.24) is 0 Å². The van der Waals surface area contributed by atoms with Crippen LogP contribution in [-0.4, -0.2) is 6.73 Å². The maximum Gasteiger partial charge on any atom is 0.164 e. The lowest BCUT2D eigenvalue weighted by atomic mass is 10.3. The van der Waals surface area contributed by atoms with Gasteiger partial charge in [0.15, 0.2) is 6.73 Å². The highest BCUT2D eigenvalue weighted by Gasteiger charge is 2.10. The molecule has 2 nitrogen and oxygen atoms in total. The highest BCUT2D eigenvalue weighted by atomic mass is 16.5. The molecule has 1 radical (unpaired) electrons. The molecule has 1 aliphatic heterocycles. The zero-order valence-electron chi connectivity index (χ0n) is 6.95. The Labute approximate surface area is 72.1 Å². The van der Waals surface area contributed by atoms with Gasteiger partial charge in [0, 0.05) is 11.9 Å². The quantitative estimate of drug-likeness (QED) is 0.624. The second kappa shape index (κ2) is 2.89. The van der Waals surface area contributed by atoms with Crippen molar-refractivity contribution in [3.63, 3.8) is 0 Å². The molecule has 0 aliphatic carbocycles. The van der Waals surface area contributed by atoms with E-state index in [1.165, 1.54) is 0 Å². The zero-order chi connectivity index (χ0) is 8.39. The van der Waals surface area contributed by atoms with E-state index < -0.39 is 0 Å². The summed E-state index contributed by atoms with van der Waals surface area (Å²) in [5.41, 5.74) is 1.14. The first-order chi connectivity index (χ1) is 5.86. The number of allylic oxidation sites excluding steroid dienone is 1. The third kappa shape index (κ3) is 1.28. The summed E-state index contributed by atoms with van der Waals surface area (Å²) in [7, 11) is 0. The van der Waals surface area contributed by atoms with Gasteiger partial charge in [-0.15, -0.1) is 0 Å². The van der Waals surface area contributed by atoms with Gasteiger partial charge in [0.2, 0.25) is 0 Å². The number of benzene rings is 1. The monoisotopic (exact) mass is 160 g/mol. The Kier molecular flexibility index (Phi) is 1.74. The van der Waals surface area contributed by atoms with E-state index in [-0.39, 0.29) is 0 Å². The number of hydrogen-bond donors (Lipinski definition) is 0. The van der Waals surface area contributed by atoms with Gasteiger partial charge < -0.3 is 9.64 Å². The normalized spacial score (nSPS) is 15.8. The van der Waals surface area contributed by atoms with Crippen LogP contribution in [-0.2, 0) is 4.74 Å². The molecule has 1 aromatic carbocycles. The van der Waals surface area contributed by atoms with Crippen LogP contribution < -0.4 is 4.90 Å². The Morgan fingerprint density at radius 2 is 2.17 bits per heavy atom. The molecule has 0 atom stereocenters. The maximum atomic E-state index is 5.30. The first-order valence-electron chi connectivity index (χ1n) is 3.90. The van der Waals surface area contributed by atoms with Crippen LogP contribution in [0.1, 0.15) is 6.92 Å². The fraction of sp³-hybridized carbons (Fsp3) is 0.200. The summed E-state index contributed by atoms with van der Waals surface area (Å²) in [6.45, 7) is 2.57. The molecule has 0 saturated carbocycles. The van der Waals surface area contributed by atoms with Crippen molar-refractivity contribution in [2.24, 2.45) is 0 Å². The number of hydrogen-bond acceptors (Lipinski definition) is 2. The molecule has 0 fully saturated rings. The number of ether oxygens (including phenoxy) is 1. The lowest BCUT2D eigenvalue weighted by Crippen LogP contribution is -2.12. The van der Waals surface area contributed by atoms with Gasteiger partial charge in [-0.25, -0.2) is 0 Å². The van der Waals surface area contributed by atoms with Crippen LogP contribution in [0.25, 0.3) is 0 Å². The number of anilines is 1. The van der Waals surface area contributed by atoms with Crippen molar-refractivity contribution in [3.05, 3.63) is 42.3 Å². The van der Waals surface area contributed by atoms with Crippen LogP contribution in [0.3, 0.4) is 0 Å². The molecule has 0 bridgehead atoms. The standard InChI is InChI=1S/C10H10NO/c1-9-7-11(8-12-9)10-5-3-2-4-6-10/h3-7H,8H2,1H3. The van der Waals surface area contributed by atoms with E-state index in [9.17, 15) is 0 Å². The Hall–Kier alpha value is -1.44. The third-order valence-electron chi connectivity index (χ3n) is 1.80. The number of rotatable bonds is 1. The molecule has 0 N–H and O–H groups in total. The molecule has 0 unspecified atom stereocenters. The minimum atomic E-state index is 0.621. The smallest absolute Gasteiger partial charge is 0.164 e. The minimum Gasteiger partial charge on any atom is -0.476 e. The Bertz CT molecular complexity index is 292. The maximum absolute atomic E-state index is 5.30. The molecule has 2 heteroatoms. The van der Waals surface area contributed by atoms with E-state index >= 15 is 0 Å². The van der Waals surface area contributed by atoms with Gasteiger partial charge in [0.25, 0.3) is 0 Å². The summed E-state index contributed by atoms with van der Waals surface area (Å²) < 4.78 is 5.30. The van der Waals surface area contributed by atoms with Gasteiger partial charge in [-0.05, 0) is 25.1 Å². The summed E-state index contributed by atoms with van der Waals surface area (Å²) in [5, 5.41) is 0. The largest absolute Gasteiger partial charge is 0.476 e. The van der Waals surface area contributed by atoms with E-state index in [4.69, 9.17) is 4.74 Å². The number of nitrogens with zero attached hydrogens (tertiary/aromatic N) is 1. The highest BCUT2D eigenvalue weighted by molar-refractivity contribution is 5.49. The fourth-order valence-corrected chi connectivity index (χ4v) is 1.18. The van der Waals surface area contributed by atoms with Gasteiger partial charge >= 0.3 is 0 Å². The molecule has 0 saturated heterocycles. The summed E-state index contributed by atoms with van der Waals surface area (Å²) in [6.07, 6.45) is 2.00. The van der Waals surface area contributed by atoms with Crippen molar-refractivity contribution < 1.29 is 4.74 Å². The molecule has 2 rings (SSSR count). The highest BCUT2D eigenvalue weighted by Crippen LogP contribution is 2.19. The molecule has 1 aromatic rings. The van der Waals surface area contributed by atoms with Crippen molar-refractivity contribution >= 4 is 5.69 Å². The Morgan fingerprint density at radius 1 is 1.42 bits per heavy atom. The van der Waals surface area contributed by atoms with E-state index in [0.717, 1.165) is 11.4 Å². The molecular formula is C10H10NO. The Balaban J connectivity index is 2.22. The van der Waals surface area contributed by atoms with E-state index in [1.807, 2.05) is 37.4 Å². The predicted octanol–water partition coefficient (Wildman–Crippen LogP) is 2.14. The van der Waals surface area contributed by atoms with Gasteiger partial charge in [0.05, 0.1) is 0 Å². The SMILES string of the molecule is CC1=CN(c2cc[c]cc2)CO1. The summed E-state index contributed by atoms with van der Waals surface area (Å²) >= 11 is 0. The molecule has 0 spiro atoms. The van der Waals surface area contributed by atoms with Crippen molar-refractivity contribution in [2.75, 3.05) is 11.6 Å². The minimum absolute atomic E-state index is 0.621. The zero-order valence-corrected chi connectivity index (χ0v) is 6.95. The van der Waals surface area contributed by atoms with E-state index in [0.29, 0.717) is 6.73 Å². The van der Waals surface area contributed by atoms with Crippen LogP contribution >= 0.6 is 0 Å². The van der Waals surface area contributed by atoms with Crippen LogP contribution in [0.5, 0.6) is 0 Å². The molecule has 1 heterocycles. The van der Waals surface area contributed by atoms with Gasteiger partial charge in [-0.3, -0.25) is 0 Å². The molecule has 0 amide bonds. The van der Waals surface area contributed by atoms with E-state index in [2.05, 4.69) is 11.0 Å². The molecule has 12 heavy (non-hydrogen) atoms. The van der Waals surface area contributed by atoms with Crippen molar-refractivity contribution in [2.45, 2.75) is 6.92 Å². The first kappa shape index (κ1) is 7.22. The van der Waals surface area contributed by atoms with Gasteiger partial charge in [-0.2, -0.15) is 0 Å². The lowest BCUT2D eigenvalue weighted by molar-refractivity contribution is 0.247. The topological polar surface area (TPSA) is 12.5 Å². The van der Waals surface area contributed by atoms with E-state index in [1.54, 1.807) is 0 Å². The second-order valence-corrected chi connectivity index (χ2v) is 2.74. The molecule has 0 aromatic heterocycles. The van der Waals surface area contributed by atoms with Crippen LogP contribution in [0.15, 0.2) is 36.2 Å². The predicted molar refractivity (Wildman–Crippen MR) is 47.5 cm³/mol.